The highest BCUT2D eigenvalue weighted by molar-refractivity contribution is 7.80. The maximum atomic E-state index is 12.2. The molecule has 0 radical (unpaired) electrons. The van der Waals surface area contributed by atoms with E-state index in [2.05, 4.69) is 10.6 Å². The highest BCUT2D eigenvalue weighted by Crippen LogP contribution is 2.26. The summed E-state index contributed by atoms with van der Waals surface area (Å²) in [6, 6.07) is 8.10. The van der Waals surface area contributed by atoms with Crippen molar-refractivity contribution in [3.05, 3.63) is 58.1 Å². The van der Waals surface area contributed by atoms with Gasteiger partial charge in [-0.05, 0) is 73.9 Å². The maximum absolute atomic E-state index is 12.2. The monoisotopic (exact) mass is 358 g/mol. The van der Waals surface area contributed by atoms with Crippen LogP contribution in [-0.2, 0) is 0 Å². The molecule has 1 amide bonds. The number of hydrogen-bond donors (Lipinski definition) is 4. The van der Waals surface area contributed by atoms with E-state index in [4.69, 9.17) is 17.3 Å². The fraction of sp³-hybridized carbons (Fsp3) is 0.167. The molecule has 0 aliphatic carbocycles. The first-order valence-electron chi connectivity index (χ1n) is 7.45. The van der Waals surface area contributed by atoms with Crippen molar-refractivity contribution in [2.45, 2.75) is 20.8 Å². The number of anilines is 1. The summed E-state index contributed by atoms with van der Waals surface area (Å²) < 4.78 is 0. The maximum Gasteiger partial charge on any atom is 0.339 e. The Morgan fingerprint density at radius 1 is 1.00 bits per heavy atom. The van der Waals surface area contributed by atoms with E-state index in [9.17, 15) is 14.7 Å². The van der Waals surface area contributed by atoms with Crippen molar-refractivity contribution in [1.29, 1.82) is 0 Å². The molecule has 0 bridgehead atoms. The number of thiocarbonyl (C=S) groups is 1. The summed E-state index contributed by atoms with van der Waals surface area (Å²) in [7, 11) is 0. The molecule has 2 aromatic rings. The van der Waals surface area contributed by atoms with Crippen molar-refractivity contribution < 1.29 is 19.8 Å². The number of carboxylic acid groups (broad SMARTS) is 1. The zero-order valence-corrected chi connectivity index (χ0v) is 14.8. The number of aryl methyl sites for hydroxylation is 3. The number of amides is 1. The number of phenols is 1. The van der Waals surface area contributed by atoms with Gasteiger partial charge in [0.25, 0.3) is 5.91 Å². The number of hydrogen-bond acceptors (Lipinski definition) is 4. The quantitative estimate of drug-likeness (QED) is 0.497. The van der Waals surface area contributed by atoms with Crippen LogP contribution < -0.4 is 10.6 Å². The van der Waals surface area contributed by atoms with Gasteiger partial charge in [0.15, 0.2) is 5.11 Å². The molecule has 7 heteroatoms. The second-order valence-corrected chi connectivity index (χ2v) is 6.11. The highest BCUT2D eigenvalue weighted by atomic mass is 32.1. The van der Waals surface area contributed by atoms with E-state index in [-0.39, 0.29) is 22.3 Å². The number of rotatable bonds is 3. The van der Waals surface area contributed by atoms with E-state index in [0.29, 0.717) is 16.8 Å². The topological polar surface area (TPSA) is 98.7 Å². The highest BCUT2D eigenvalue weighted by Gasteiger charge is 2.15. The molecule has 6 nitrogen and oxygen atoms in total. The Balaban J connectivity index is 2.13. The molecule has 0 saturated carbocycles. The first-order valence-corrected chi connectivity index (χ1v) is 7.86. The number of aromatic carboxylic acids is 1. The molecule has 0 aliphatic heterocycles. The molecular weight excluding hydrogens is 340 g/mol. The van der Waals surface area contributed by atoms with Gasteiger partial charge in [0, 0.05) is 11.3 Å². The van der Waals surface area contributed by atoms with Gasteiger partial charge >= 0.3 is 5.97 Å². The Morgan fingerprint density at radius 3 is 2.28 bits per heavy atom. The van der Waals surface area contributed by atoms with Crippen molar-refractivity contribution in [2.75, 3.05) is 5.32 Å². The largest absolute Gasteiger partial charge is 0.507 e. The average molecular weight is 358 g/mol. The number of nitrogens with one attached hydrogen (secondary N) is 2. The van der Waals surface area contributed by atoms with Gasteiger partial charge in [0.2, 0.25) is 0 Å². The van der Waals surface area contributed by atoms with Crippen LogP contribution in [0.1, 0.15) is 37.4 Å². The number of carboxylic acids is 1. The summed E-state index contributed by atoms with van der Waals surface area (Å²) in [6.07, 6.45) is 0. The van der Waals surface area contributed by atoms with Crippen LogP contribution in [0.4, 0.5) is 5.69 Å². The minimum Gasteiger partial charge on any atom is -0.507 e. The standard InChI is InChI=1S/C18H18N2O4S/c1-9-4-5-12(6-10(9)2)16(22)20-18(25)19-13-7-11(3)15(21)14(8-13)17(23)24/h4-8,21H,1-3H3,(H,23,24)(H2,19,20,22,25). The summed E-state index contributed by atoms with van der Waals surface area (Å²) >= 11 is 5.10. The summed E-state index contributed by atoms with van der Waals surface area (Å²) in [4.78, 5) is 23.4. The third-order valence-electron chi connectivity index (χ3n) is 3.78. The summed E-state index contributed by atoms with van der Waals surface area (Å²) in [6.45, 7) is 5.44. The zero-order chi connectivity index (χ0) is 18.7. The molecule has 25 heavy (non-hydrogen) atoms. The average Bonchev–Trinajstić information content (AvgIpc) is 2.52. The lowest BCUT2D eigenvalue weighted by Crippen LogP contribution is -2.34. The lowest BCUT2D eigenvalue weighted by atomic mass is 10.1. The molecule has 0 aliphatic rings. The fourth-order valence-corrected chi connectivity index (χ4v) is 2.45. The van der Waals surface area contributed by atoms with Crippen LogP contribution in [0.25, 0.3) is 0 Å². The SMILES string of the molecule is Cc1ccc(C(=O)NC(=S)Nc2cc(C)c(O)c(C(=O)O)c2)cc1C. The molecule has 130 valence electrons. The lowest BCUT2D eigenvalue weighted by molar-refractivity contribution is 0.0693. The number of carbonyl (C=O) groups excluding carboxylic acids is 1. The summed E-state index contributed by atoms with van der Waals surface area (Å²) in [5, 5.41) is 24.2. The van der Waals surface area contributed by atoms with E-state index in [0.717, 1.165) is 11.1 Å². The van der Waals surface area contributed by atoms with Gasteiger partial charge in [0.05, 0.1) is 0 Å². The fourth-order valence-electron chi connectivity index (χ4n) is 2.24. The van der Waals surface area contributed by atoms with E-state index in [1.807, 2.05) is 19.9 Å². The predicted molar refractivity (Wildman–Crippen MR) is 99.4 cm³/mol. The van der Waals surface area contributed by atoms with E-state index < -0.39 is 5.97 Å². The van der Waals surface area contributed by atoms with Crippen LogP contribution in [0.15, 0.2) is 30.3 Å². The van der Waals surface area contributed by atoms with Crippen molar-refractivity contribution in [3.8, 4) is 5.75 Å². The molecule has 4 N–H and O–H groups in total. The van der Waals surface area contributed by atoms with Gasteiger partial charge in [0.1, 0.15) is 11.3 Å². The Hall–Kier alpha value is -2.93. The van der Waals surface area contributed by atoms with Gasteiger partial charge in [-0.3, -0.25) is 10.1 Å². The van der Waals surface area contributed by atoms with E-state index in [1.54, 1.807) is 19.1 Å². The lowest BCUT2D eigenvalue weighted by Gasteiger charge is -2.12. The third kappa shape index (κ3) is 4.33. The van der Waals surface area contributed by atoms with Crippen LogP contribution in [0.2, 0.25) is 0 Å². The van der Waals surface area contributed by atoms with Crippen molar-refractivity contribution >= 4 is 34.9 Å². The molecule has 0 heterocycles. The second-order valence-electron chi connectivity index (χ2n) is 5.70. The van der Waals surface area contributed by atoms with Gasteiger partial charge in [-0.1, -0.05) is 6.07 Å². The Bertz CT molecular complexity index is 878. The summed E-state index contributed by atoms with van der Waals surface area (Å²) in [5.74, 6) is -1.92. The molecule has 0 saturated heterocycles. The number of carbonyl (C=O) groups is 2. The summed E-state index contributed by atoms with van der Waals surface area (Å²) in [5.41, 5.74) is 3.04. The van der Waals surface area contributed by atoms with Crippen LogP contribution in [0.3, 0.4) is 0 Å². The molecule has 0 fully saturated rings. The number of aromatic hydroxyl groups is 1. The van der Waals surface area contributed by atoms with Crippen LogP contribution in [-0.4, -0.2) is 27.2 Å². The second kappa shape index (κ2) is 7.31. The molecule has 0 atom stereocenters. The van der Waals surface area contributed by atoms with Gasteiger partial charge in [-0.2, -0.15) is 0 Å². The molecule has 2 rings (SSSR count). The van der Waals surface area contributed by atoms with Gasteiger partial charge in [-0.15, -0.1) is 0 Å². The van der Waals surface area contributed by atoms with Gasteiger partial charge < -0.3 is 15.5 Å². The Morgan fingerprint density at radius 2 is 1.68 bits per heavy atom. The normalized spacial score (nSPS) is 10.2. The minimum atomic E-state index is -1.26. The predicted octanol–water partition coefficient (Wildman–Crippen LogP) is 3.14. The van der Waals surface area contributed by atoms with Crippen molar-refractivity contribution in [3.63, 3.8) is 0 Å². The Kier molecular flexibility index (Phi) is 5.38. The van der Waals surface area contributed by atoms with Crippen LogP contribution in [0.5, 0.6) is 5.75 Å². The molecule has 0 aromatic heterocycles. The van der Waals surface area contributed by atoms with Crippen molar-refractivity contribution in [1.82, 2.24) is 5.32 Å². The van der Waals surface area contributed by atoms with E-state index in [1.165, 1.54) is 12.1 Å². The molecular formula is C18H18N2O4S. The first-order chi connectivity index (χ1) is 11.7. The van der Waals surface area contributed by atoms with Gasteiger partial charge in [-0.25, -0.2) is 4.79 Å². The van der Waals surface area contributed by atoms with E-state index >= 15 is 0 Å². The molecule has 2 aromatic carbocycles. The molecule has 0 unspecified atom stereocenters. The van der Waals surface area contributed by atoms with Crippen molar-refractivity contribution in [2.24, 2.45) is 0 Å². The van der Waals surface area contributed by atoms with Crippen LogP contribution >= 0.6 is 12.2 Å². The first kappa shape index (κ1) is 18.4. The number of benzene rings is 2. The molecule has 0 spiro atoms. The zero-order valence-electron chi connectivity index (χ0n) is 14.0. The minimum absolute atomic E-state index is 0.0321. The Labute approximate surface area is 150 Å². The third-order valence-corrected chi connectivity index (χ3v) is 3.99. The smallest absolute Gasteiger partial charge is 0.339 e. The van der Waals surface area contributed by atoms with Crippen LogP contribution in [0, 0.1) is 20.8 Å².